The number of carbonyl (C=O) groups excluding carboxylic acids is 1. The molecule has 0 aliphatic rings. The molecule has 0 aromatic heterocycles. The van der Waals surface area contributed by atoms with Gasteiger partial charge in [0.1, 0.15) is 0 Å². The van der Waals surface area contributed by atoms with Crippen LogP contribution in [0.25, 0.3) is 0 Å². The Morgan fingerprint density at radius 2 is 1.83 bits per heavy atom. The minimum atomic E-state index is -0.901. The van der Waals surface area contributed by atoms with Crippen molar-refractivity contribution in [3.63, 3.8) is 0 Å². The topological polar surface area (TPSA) is 84.9 Å². The van der Waals surface area contributed by atoms with Gasteiger partial charge in [0.05, 0.1) is 19.1 Å². The summed E-state index contributed by atoms with van der Waals surface area (Å²) < 4.78 is 10.9. The molecule has 0 bridgehead atoms. The maximum atomic E-state index is 12.3. The van der Waals surface area contributed by atoms with Crippen LogP contribution in [0.15, 0.2) is 18.2 Å². The van der Waals surface area contributed by atoms with Crippen molar-refractivity contribution in [2.75, 3.05) is 13.7 Å². The van der Waals surface area contributed by atoms with Gasteiger partial charge in [0.15, 0.2) is 11.5 Å². The van der Waals surface area contributed by atoms with Gasteiger partial charge in [0.25, 0.3) is 5.91 Å². The number of methoxy groups -OCH3 is 1. The lowest BCUT2D eigenvalue weighted by atomic mass is 9.97. The van der Waals surface area contributed by atoms with Gasteiger partial charge in [0.2, 0.25) is 0 Å². The van der Waals surface area contributed by atoms with Gasteiger partial charge >= 0.3 is 5.97 Å². The fourth-order valence-corrected chi connectivity index (χ4v) is 2.32. The monoisotopic (exact) mass is 337 g/mol. The van der Waals surface area contributed by atoms with Crippen molar-refractivity contribution in [2.24, 2.45) is 11.8 Å². The van der Waals surface area contributed by atoms with Crippen molar-refractivity contribution in [2.45, 2.75) is 40.2 Å². The molecule has 0 heterocycles. The Kier molecular flexibility index (Phi) is 7.55. The molecule has 0 saturated carbocycles. The molecule has 0 saturated heterocycles. The van der Waals surface area contributed by atoms with Gasteiger partial charge in [0, 0.05) is 12.1 Å². The van der Waals surface area contributed by atoms with Gasteiger partial charge in [-0.15, -0.1) is 0 Å². The Balaban J connectivity index is 2.78. The standard InChI is InChI=1S/C18H27NO5/c1-11(2)8-14(18(21)22)10-19-17(20)13-6-7-15(24-12(3)4)16(9-13)23-5/h6-7,9,11-12,14H,8,10H2,1-5H3,(H,19,20)(H,21,22). The fraction of sp³-hybridized carbons (Fsp3) is 0.556. The molecule has 1 aromatic rings. The lowest BCUT2D eigenvalue weighted by molar-refractivity contribution is -0.142. The minimum Gasteiger partial charge on any atom is -0.493 e. The second kappa shape index (κ2) is 9.15. The van der Waals surface area contributed by atoms with Gasteiger partial charge < -0.3 is 19.9 Å². The molecule has 0 aliphatic carbocycles. The number of carboxylic acid groups (broad SMARTS) is 1. The first-order valence-electron chi connectivity index (χ1n) is 8.10. The summed E-state index contributed by atoms with van der Waals surface area (Å²) in [7, 11) is 1.51. The van der Waals surface area contributed by atoms with E-state index >= 15 is 0 Å². The average molecular weight is 337 g/mol. The number of nitrogens with one attached hydrogen (secondary N) is 1. The van der Waals surface area contributed by atoms with Crippen molar-refractivity contribution in [3.05, 3.63) is 23.8 Å². The molecule has 134 valence electrons. The molecule has 0 radical (unpaired) electrons. The molecule has 6 nitrogen and oxygen atoms in total. The van der Waals surface area contributed by atoms with E-state index < -0.39 is 11.9 Å². The van der Waals surface area contributed by atoms with Crippen LogP contribution in [-0.2, 0) is 4.79 Å². The molecule has 1 aromatic carbocycles. The molecule has 6 heteroatoms. The zero-order chi connectivity index (χ0) is 18.3. The molecule has 24 heavy (non-hydrogen) atoms. The van der Waals surface area contributed by atoms with E-state index in [0.717, 1.165) is 0 Å². The largest absolute Gasteiger partial charge is 0.493 e. The van der Waals surface area contributed by atoms with E-state index in [9.17, 15) is 14.7 Å². The maximum absolute atomic E-state index is 12.3. The van der Waals surface area contributed by atoms with E-state index in [1.165, 1.54) is 7.11 Å². The van der Waals surface area contributed by atoms with Crippen LogP contribution in [0, 0.1) is 11.8 Å². The molecular formula is C18H27NO5. The highest BCUT2D eigenvalue weighted by Gasteiger charge is 2.20. The van der Waals surface area contributed by atoms with Crippen LogP contribution in [0.1, 0.15) is 44.5 Å². The van der Waals surface area contributed by atoms with Crippen molar-refractivity contribution >= 4 is 11.9 Å². The Morgan fingerprint density at radius 3 is 2.33 bits per heavy atom. The van der Waals surface area contributed by atoms with Crippen LogP contribution in [0.5, 0.6) is 11.5 Å². The highest BCUT2D eigenvalue weighted by Crippen LogP contribution is 2.29. The first-order chi connectivity index (χ1) is 11.2. The predicted molar refractivity (Wildman–Crippen MR) is 91.7 cm³/mol. The zero-order valence-electron chi connectivity index (χ0n) is 15.0. The first kappa shape index (κ1) is 19.8. The van der Waals surface area contributed by atoms with Crippen molar-refractivity contribution in [1.82, 2.24) is 5.32 Å². The number of hydrogen-bond donors (Lipinski definition) is 2. The number of hydrogen-bond acceptors (Lipinski definition) is 4. The molecule has 1 atom stereocenters. The number of rotatable bonds is 9. The van der Waals surface area contributed by atoms with Crippen LogP contribution in [0.2, 0.25) is 0 Å². The fourth-order valence-electron chi connectivity index (χ4n) is 2.32. The van der Waals surface area contributed by atoms with Crippen LogP contribution in [0.4, 0.5) is 0 Å². The van der Waals surface area contributed by atoms with E-state index in [-0.39, 0.29) is 24.5 Å². The summed E-state index contributed by atoms with van der Waals surface area (Å²) in [5.74, 6) is -0.558. The maximum Gasteiger partial charge on any atom is 0.308 e. The van der Waals surface area contributed by atoms with Crippen LogP contribution < -0.4 is 14.8 Å². The summed E-state index contributed by atoms with van der Waals surface area (Å²) in [6, 6.07) is 4.90. The SMILES string of the molecule is COc1cc(C(=O)NCC(CC(C)C)C(=O)O)ccc1OC(C)C. The summed E-state index contributed by atoms with van der Waals surface area (Å²) in [4.78, 5) is 23.5. The minimum absolute atomic E-state index is 0.00839. The third kappa shape index (κ3) is 6.10. The molecule has 0 spiro atoms. The third-order valence-electron chi connectivity index (χ3n) is 3.40. The smallest absolute Gasteiger partial charge is 0.308 e. The first-order valence-corrected chi connectivity index (χ1v) is 8.10. The molecule has 0 aliphatic heterocycles. The number of amides is 1. The van der Waals surface area contributed by atoms with Gasteiger partial charge in [-0.1, -0.05) is 13.8 Å². The van der Waals surface area contributed by atoms with Gasteiger partial charge in [-0.05, 0) is 44.4 Å². The number of aliphatic carboxylic acids is 1. The van der Waals surface area contributed by atoms with Crippen molar-refractivity contribution in [1.29, 1.82) is 0 Å². The molecule has 2 N–H and O–H groups in total. The summed E-state index contributed by atoms with van der Waals surface area (Å²) in [6.45, 7) is 7.81. The quantitative estimate of drug-likeness (QED) is 0.723. The number of carboxylic acids is 1. The van der Waals surface area contributed by atoms with Crippen molar-refractivity contribution in [3.8, 4) is 11.5 Å². The Morgan fingerprint density at radius 1 is 1.17 bits per heavy atom. The lowest BCUT2D eigenvalue weighted by Crippen LogP contribution is -2.33. The van der Waals surface area contributed by atoms with E-state index in [0.29, 0.717) is 23.5 Å². The van der Waals surface area contributed by atoms with Crippen LogP contribution in [-0.4, -0.2) is 36.7 Å². The van der Waals surface area contributed by atoms with Gasteiger partial charge in [-0.3, -0.25) is 9.59 Å². The summed E-state index contributed by atoms with van der Waals surface area (Å²) in [6.07, 6.45) is 0.506. The highest BCUT2D eigenvalue weighted by molar-refractivity contribution is 5.95. The lowest BCUT2D eigenvalue weighted by Gasteiger charge is -2.16. The summed E-state index contributed by atoms with van der Waals surface area (Å²) in [5.41, 5.74) is 0.400. The second-order valence-electron chi connectivity index (χ2n) is 6.41. The van der Waals surface area contributed by atoms with E-state index in [1.807, 2.05) is 27.7 Å². The number of benzene rings is 1. The number of ether oxygens (including phenoxy) is 2. The summed E-state index contributed by atoms with van der Waals surface area (Å²) >= 11 is 0. The van der Waals surface area contributed by atoms with Gasteiger partial charge in [-0.25, -0.2) is 0 Å². The zero-order valence-corrected chi connectivity index (χ0v) is 15.0. The van der Waals surface area contributed by atoms with Crippen LogP contribution in [0.3, 0.4) is 0 Å². The average Bonchev–Trinajstić information content (AvgIpc) is 2.50. The molecule has 1 unspecified atom stereocenters. The highest BCUT2D eigenvalue weighted by atomic mass is 16.5. The molecule has 0 fully saturated rings. The predicted octanol–water partition coefficient (Wildman–Crippen LogP) is 2.96. The second-order valence-corrected chi connectivity index (χ2v) is 6.41. The summed E-state index contributed by atoms with van der Waals surface area (Å²) in [5, 5.41) is 11.9. The Bertz CT molecular complexity index is 569. The molecular weight excluding hydrogens is 310 g/mol. The van der Waals surface area contributed by atoms with E-state index in [2.05, 4.69) is 5.32 Å². The molecule has 1 rings (SSSR count). The van der Waals surface area contributed by atoms with Crippen molar-refractivity contribution < 1.29 is 24.2 Å². The Labute approximate surface area is 143 Å². The molecule has 1 amide bonds. The Hall–Kier alpha value is -2.24. The van der Waals surface area contributed by atoms with E-state index in [1.54, 1.807) is 18.2 Å². The number of carbonyl (C=O) groups is 2. The van der Waals surface area contributed by atoms with E-state index in [4.69, 9.17) is 9.47 Å². The van der Waals surface area contributed by atoms with Gasteiger partial charge in [-0.2, -0.15) is 0 Å². The van der Waals surface area contributed by atoms with Crippen LogP contribution >= 0.6 is 0 Å². The third-order valence-corrected chi connectivity index (χ3v) is 3.40. The normalized spacial score (nSPS) is 12.1.